The number of hydrogen-bond acceptors (Lipinski definition) is 2. The maximum Gasteiger partial charge on any atom is 0.108 e. The summed E-state index contributed by atoms with van der Waals surface area (Å²) in [5.41, 5.74) is 7.36. The second kappa shape index (κ2) is 4.62. The summed E-state index contributed by atoms with van der Waals surface area (Å²) in [5, 5.41) is 0. The summed E-state index contributed by atoms with van der Waals surface area (Å²) < 4.78 is 6.27. The lowest BCUT2D eigenvalue weighted by molar-refractivity contribution is -0.00989. The summed E-state index contributed by atoms with van der Waals surface area (Å²) in [4.78, 5) is 0. The van der Waals surface area contributed by atoms with E-state index in [1.54, 1.807) is 0 Å². The molecule has 0 amide bonds. The van der Waals surface area contributed by atoms with E-state index in [0.29, 0.717) is 5.92 Å². The van der Waals surface area contributed by atoms with E-state index in [1.165, 1.54) is 43.4 Å². The van der Waals surface area contributed by atoms with Crippen LogP contribution in [0.3, 0.4) is 0 Å². The third-order valence-electron chi connectivity index (χ3n) is 6.23. The lowest BCUT2D eigenvalue weighted by Gasteiger charge is -2.53. The molecule has 2 heteroatoms. The zero-order valence-corrected chi connectivity index (χ0v) is 12.8. The highest BCUT2D eigenvalue weighted by atomic mass is 16.3. The quantitative estimate of drug-likeness (QED) is 0.886. The van der Waals surface area contributed by atoms with Crippen molar-refractivity contribution in [3.63, 3.8) is 0 Å². The first-order valence-corrected chi connectivity index (χ1v) is 8.53. The first-order valence-electron chi connectivity index (χ1n) is 8.53. The summed E-state index contributed by atoms with van der Waals surface area (Å²) >= 11 is 0. The van der Waals surface area contributed by atoms with Gasteiger partial charge >= 0.3 is 0 Å². The highest BCUT2D eigenvalue weighted by Crippen LogP contribution is 2.60. The smallest absolute Gasteiger partial charge is 0.108 e. The molecule has 20 heavy (non-hydrogen) atoms. The third kappa shape index (κ3) is 1.88. The number of furan rings is 1. The molecule has 5 rings (SSSR count). The van der Waals surface area contributed by atoms with Gasteiger partial charge in [0.1, 0.15) is 11.5 Å². The molecule has 1 aromatic heterocycles. The first kappa shape index (κ1) is 12.9. The molecule has 1 atom stereocenters. The van der Waals surface area contributed by atoms with E-state index in [4.69, 9.17) is 10.2 Å². The molecule has 4 saturated carbocycles. The summed E-state index contributed by atoms with van der Waals surface area (Å²) in [7, 11) is 0. The van der Waals surface area contributed by atoms with Gasteiger partial charge in [0, 0.05) is 23.9 Å². The topological polar surface area (TPSA) is 39.2 Å². The molecule has 0 aromatic carbocycles. The second-order valence-corrected chi connectivity index (χ2v) is 7.63. The van der Waals surface area contributed by atoms with Crippen molar-refractivity contribution in [3.05, 3.63) is 23.2 Å². The molecule has 4 fully saturated rings. The molecule has 0 aliphatic heterocycles. The normalized spacial score (nSPS) is 40.2. The Morgan fingerprint density at radius 1 is 1.15 bits per heavy atom. The van der Waals surface area contributed by atoms with Crippen LogP contribution >= 0.6 is 0 Å². The van der Waals surface area contributed by atoms with Crippen LogP contribution in [-0.4, -0.2) is 0 Å². The van der Waals surface area contributed by atoms with Crippen molar-refractivity contribution in [1.82, 2.24) is 0 Å². The van der Waals surface area contributed by atoms with E-state index in [0.717, 1.165) is 35.9 Å². The van der Waals surface area contributed by atoms with Gasteiger partial charge in [-0.2, -0.15) is 0 Å². The number of nitrogens with two attached hydrogens (primary N) is 1. The highest BCUT2D eigenvalue weighted by Gasteiger charge is 2.49. The standard InChI is InChI=1S/C18H27NO/c1-3-16-15(10(2)19)9-17(20-16)18-13-5-11-4-12(7-13)8-14(18)6-11/h9-14,18H,3-8,19H2,1-2H3. The number of hydrogen-bond donors (Lipinski definition) is 1. The van der Waals surface area contributed by atoms with Crippen LogP contribution in [0, 0.1) is 23.7 Å². The number of rotatable bonds is 3. The van der Waals surface area contributed by atoms with Gasteiger partial charge in [-0.15, -0.1) is 0 Å². The SMILES string of the molecule is CCc1oc(C2C3CC4CC(C3)CC2C4)cc1C(C)N. The summed E-state index contributed by atoms with van der Waals surface area (Å²) in [6.07, 6.45) is 8.29. The Bertz CT molecular complexity index is 474. The Balaban J connectivity index is 1.67. The molecule has 1 aromatic rings. The van der Waals surface area contributed by atoms with Crippen LogP contribution in [0.25, 0.3) is 0 Å². The Kier molecular flexibility index (Phi) is 2.99. The molecule has 4 bridgehead atoms. The average molecular weight is 273 g/mol. The van der Waals surface area contributed by atoms with Crippen LogP contribution in [0.15, 0.2) is 10.5 Å². The van der Waals surface area contributed by atoms with Gasteiger partial charge in [-0.05, 0) is 68.8 Å². The largest absolute Gasteiger partial charge is 0.465 e. The molecule has 1 heterocycles. The van der Waals surface area contributed by atoms with E-state index < -0.39 is 0 Å². The Morgan fingerprint density at radius 2 is 1.75 bits per heavy atom. The van der Waals surface area contributed by atoms with E-state index in [1.807, 2.05) is 0 Å². The van der Waals surface area contributed by atoms with Crippen molar-refractivity contribution >= 4 is 0 Å². The summed E-state index contributed by atoms with van der Waals surface area (Å²) in [6.45, 7) is 4.25. The van der Waals surface area contributed by atoms with Crippen LogP contribution in [0.1, 0.15) is 75.0 Å². The summed E-state index contributed by atoms with van der Waals surface area (Å²) in [6, 6.07) is 2.40. The monoisotopic (exact) mass is 273 g/mol. The predicted octanol–water partition coefficient (Wildman–Crippen LogP) is 4.40. The van der Waals surface area contributed by atoms with Crippen LogP contribution in [0.2, 0.25) is 0 Å². The van der Waals surface area contributed by atoms with E-state index in [-0.39, 0.29) is 6.04 Å². The molecule has 1 unspecified atom stereocenters. The fraction of sp³-hybridized carbons (Fsp3) is 0.778. The average Bonchev–Trinajstić information content (AvgIpc) is 2.81. The van der Waals surface area contributed by atoms with E-state index in [2.05, 4.69) is 19.9 Å². The van der Waals surface area contributed by atoms with Gasteiger partial charge in [0.05, 0.1) is 0 Å². The lowest BCUT2D eigenvalue weighted by Crippen LogP contribution is -2.43. The van der Waals surface area contributed by atoms with Crippen molar-refractivity contribution < 1.29 is 4.42 Å². The molecule has 110 valence electrons. The van der Waals surface area contributed by atoms with Crippen molar-refractivity contribution in [2.24, 2.45) is 29.4 Å². The van der Waals surface area contributed by atoms with Gasteiger partial charge in [0.2, 0.25) is 0 Å². The van der Waals surface area contributed by atoms with E-state index in [9.17, 15) is 0 Å². The minimum Gasteiger partial charge on any atom is -0.465 e. The van der Waals surface area contributed by atoms with Gasteiger partial charge in [0.15, 0.2) is 0 Å². The van der Waals surface area contributed by atoms with Gasteiger partial charge in [-0.3, -0.25) is 0 Å². The Labute approximate surface area is 122 Å². The zero-order chi connectivity index (χ0) is 13.9. The maximum atomic E-state index is 6.27. The van der Waals surface area contributed by atoms with Crippen molar-refractivity contribution in [3.8, 4) is 0 Å². The van der Waals surface area contributed by atoms with Gasteiger partial charge in [0.25, 0.3) is 0 Å². The van der Waals surface area contributed by atoms with Crippen LogP contribution in [0.5, 0.6) is 0 Å². The first-order chi connectivity index (χ1) is 9.65. The molecule has 0 saturated heterocycles. The fourth-order valence-electron chi connectivity index (χ4n) is 5.68. The Hall–Kier alpha value is -0.760. The fourth-order valence-corrected chi connectivity index (χ4v) is 5.68. The molecular weight excluding hydrogens is 246 g/mol. The Morgan fingerprint density at radius 3 is 2.20 bits per heavy atom. The van der Waals surface area contributed by atoms with Crippen molar-refractivity contribution in [1.29, 1.82) is 0 Å². The molecule has 2 N–H and O–H groups in total. The minimum atomic E-state index is 0.0966. The van der Waals surface area contributed by atoms with Gasteiger partial charge < -0.3 is 10.2 Å². The second-order valence-electron chi connectivity index (χ2n) is 7.63. The molecule has 2 nitrogen and oxygen atoms in total. The van der Waals surface area contributed by atoms with Gasteiger partial charge in [-0.1, -0.05) is 6.92 Å². The number of aryl methyl sites for hydroxylation is 1. The zero-order valence-electron chi connectivity index (χ0n) is 12.8. The van der Waals surface area contributed by atoms with Gasteiger partial charge in [-0.25, -0.2) is 0 Å². The molecule has 4 aliphatic carbocycles. The molecule has 4 aliphatic rings. The molecule has 0 radical (unpaired) electrons. The highest BCUT2D eigenvalue weighted by molar-refractivity contribution is 5.28. The van der Waals surface area contributed by atoms with Crippen LogP contribution in [0.4, 0.5) is 0 Å². The van der Waals surface area contributed by atoms with Crippen molar-refractivity contribution in [2.45, 2.75) is 64.3 Å². The summed E-state index contributed by atoms with van der Waals surface area (Å²) in [5.74, 6) is 6.93. The molecule has 0 spiro atoms. The van der Waals surface area contributed by atoms with Crippen LogP contribution < -0.4 is 5.73 Å². The predicted molar refractivity (Wildman–Crippen MR) is 80.5 cm³/mol. The van der Waals surface area contributed by atoms with Crippen LogP contribution in [-0.2, 0) is 6.42 Å². The lowest BCUT2D eigenvalue weighted by atomic mass is 9.51. The maximum absolute atomic E-state index is 6.27. The van der Waals surface area contributed by atoms with Crippen molar-refractivity contribution in [2.75, 3.05) is 0 Å². The van der Waals surface area contributed by atoms with E-state index >= 15 is 0 Å². The minimum absolute atomic E-state index is 0.0966. The molecular formula is C18H27NO. The third-order valence-corrected chi connectivity index (χ3v) is 6.23.